The number of fused-ring (bicyclic) bond motifs is 1. The average molecular weight is 307 g/mol. The van der Waals surface area contributed by atoms with Crippen LogP contribution in [0.25, 0.3) is 22.6 Å². The first kappa shape index (κ1) is 13.5. The molecule has 2 aromatic carbocycles. The fourth-order valence-electron chi connectivity index (χ4n) is 2.52. The van der Waals surface area contributed by atoms with Crippen molar-refractivity contribution in [3.63, 3.8) is 0 Å². The van der Waals surface area contributed by atoms with Crippen molar-refractivity contribution in [2.75, 3.05) is 0 Å². The summed E-state index contributed by atoms with van der Waals surface area (Å²) in [5.74, 6) is 0.424. The van der Waals surface area contributed by atoms with Crippen LogP contribution in [0.1, 0.15) is 11.4 Å². The molecule has 4 rings (SSSR count). The molecule has 6 heteroatoms. The molecule has 6 nitrogen and oxygen atoms in total. The van der Waals surface area contributed by atoms with Gasteiger partial charge in [0, 0.05) is 5.56 Å². The highest BCUT2D eigenvalue weighted by atomic mass is 16.5. The van der Waals surface area contributed by atoms with Gasteiger partial charge in [-0.3, -0.25) is 4.57 Å². The molecule has 2 heterocycles. The third-order valence-electron chi connectivity index (χ3n) is 3.61. The second-order valence-electron chi connectivity index (χ2n) is 5.31. The second-order valence-corrected chi connectivity index (χ2v) is 5.31. The van der Waals surface area contributed by atoms with Crippen molar-refractivity contribution < 1.29 is 8.94 Å². The maximum absolute atomic E-state index is 12.0. The molecule has 0 spiro atoms. The van der Waals surface area contributed by atoms with Gasteiger partial charge in [-0.15, -0.1) is 0 Å². The number of rotatable bonds is 3. The van der Waals surface area contributed by atoms with Crippen molar-refractivity contribution >= 4 is 11.1 Å². The number of para-hydroxylation sites is 2. The Morgan fingerprint density at radius 2 is 2.00 bits per heavy atom. The molecule has 114 valence electrons. The summed E-state index contributed by atoms with van der Waals surface area (Å²) in [7, 11) is 0. The van der Waals surface area contributed by atoms with Crippen molar-refractivity contribution in [2.24, 2.45) is 0 Å². The molecule has 0 radical (unpaired) electrons. The third-order valence-corrected chi connectivity index (χ3v) is 3.61. The predicted octanol–water partition coefficient (Wildman–Crippen LogP) is 3.00. The van der Waals surface area contributed by atoms with E-state index in [1.54, 1.807) is 6.07 Å². The van der Waals surface area contributed by atoms with E-state index < -0.39 is 5.76 Å². The van der Waals surface area contributed by atoms with Crippen LogP contribution in [0.2, 0.25) is 0 Å². The summed E-state index contributed by atoms with van der Waals surface area (Å²) in [5.41, 5.74) is 3.21. The Labute approximate surface area is 131 Å². The molecule has 23 heavy (non-hydrogen) atoms. The minimum Gasteiger partial charge on any atom is -0.408 e. The lowest BCUT2D eigenvalue weighted by Crippen LogP contribution is -2.15. The van der Waals surface area contributed by atoms with Gasteiger partial charge < -0.3 is 8.94 Å². The van der Waals surface area contributed by atoms with Gasteiger partial charge >= 0.3 is 5.76 Å². The Kier molecular flexibility index (Phi) is 3.08. The number of oxazole rings is 1. The first-order chi connectivity index (χ1) is 11.2. The van der Waals surface area contributed by atoms with Crippen LogP contribution < -0.4 is 5.76 Å². The van der Waals surface area contributed by atoms with Gasteiger partial charge in [0.2, 0.25) is 0 Å². The van der Waals surface area contributed by atoms with Crippen molar-refractivity contribution in [3.05, 3.63) is 70.5 Å². The first-order valence-corrected chi connectivity index (χ1v) is 7.19. The second kappa shape index (κ2) is 5.24. The van der Waals surface area contributed by atoms with Gasteiger partial charge in [-0.2, -0.15) is 4.98 Å². The van der Waals surface area contributed by atoms with E-state index in [1.807, 2.05) is 49.4 Å². The van der Waals surface area contributed by atoms with E-state index in [0.717, 1.165) is 11.1 Å². The summed E-state index contributed by atoms with van der Waals surface area (Å²) in [6.07, 6.45) is 0. The monoisotopic (exact) mass is 307 g/mol. The summed E-state index contributed by atoms with van der Waals surface area (Å²) in [6.45, 7) is 2.20. The van der Waals surface area contributed by atoms with E-state index in [1.165, 1.54) is 4.57 Å². The molecule has 0 bridgehead atoms. The quantitative estimate of drug-likeness (QED) is 0.581. The summed E-state index contributed by atoms with van der Waals surface area (Å²) >= 11 is 0. The van der Waals surface area contributed by atoms with E-state index in [9.17, 15) is 4.79 Å². The molecule has 0 fully saturated rings. The number of nitrogens with zero attached hydrogens (tertiary/aromatic N) is 3. The lowest BCUT2D eigenvalue weighted by molar-refractivity contribution is 0.418. The predicted molar refractivity (Wildman–Crippen MR) is 84.0 cm³/mol. The van der Waals surface area contributed by atoms with E-state index in [2.05, 4.69) is 10.1 Å². The van der Waals surface area contributed by atoms with Gasteiger partial charge in [-0.05, 0) is 31.2 Å². The topological polar surface area (TPSA) is 74.1 Å². The molecule has 2 aromatic heterocycles. The maximum atomic E-state index is 12.0. The fraction of sp³-hybridized carbons (Fsp3) is 0.118. The van der Waals surface area contributed by atoms with Gasteiger partial charge in [0.15, 0.2) is 11.4 Å². The molecule has 4 aromatic rings. The Morgan fingerprint density at radius 3 is 2.87 bits per heavy atom. The van der Waals surface area contributed by atoms with Gasteiger partial charge in [0.05, 0.1) is 12.1 Å². The smallest absolute Gasteiger partial charge is 0.408 e. The number of benzene rings is 2. The Bertz CT molecular complexity index is 1040. The summed E-state index contributed by atoms with van der Waals surface area (Å²) in [4.78, 5) is 16.3. The van der Waals surface area contributed by atoms with Crippen LogP contribution in [0, 0.1) is 6.92 Å². The Balaban J connectivity index is 1.70. The van der Waals surface area contributed by atoms with E-state index in [-0.39, 0.29) is 6.54 Å². The van der Waals surface area contributed by atoms with Crippen LogP contribution in [0.3, 0.4) is 0 Å². The minimum absolute atomic E-state index is 0.200. The van der Waals surface area contributed by atoms with Gasteiger partial charge in [-0.25, -0.2) is 4.79 Å². The van der Waals surface area contributed by atoms with Gasteiger partial charge in [0.1, 0.15) is 0 Å². The summed E-state index contributed by atoms with van der Waals surface area (Å²) in [5, 5.41) is 3.96. The number of hydrogen-bond donors (Lipinski definition) is 0. The number of aryl methyl sites for hydroxylation is 1. The largest absolute Gasteiger partial charge is 0.420 e. The third kappa shape index (κ3) is 2.44. The van der Waals surface area contributed by atoms with Gasteiger partial charge in [-0.1, -0.05) is 35.0 Å². The van der Waals surface area contributed by atoms with Crippen molar-refractivity contribution in [3.8, 4) is 11.5 Å². The van der Waals surface area contributed by atoms with Crippen LogP contribution in [-0.4, -0.2) is 14.7 Å². The highest BCUT2D eigenvalue weighted by Gasteiger charge is 2.14. The van der Waals surface area contributed by atoms with E-state index >= 15 is 0 Å². The molecule has 0 aliphatic rings. The molecule has 0 saturated carbocycles. The van der Waals surface area contributed by atoms with E-state index in [4.69, 9.17) is 8.94 Å². The standard InChI is InChI=1S/C17H13N3O3/c1-11-5-4-6-12(9-11)16-18-15(19-23-16)10-20-13-7-2-3-8-14(13)22-17(20)21/h2-9H,10H2,1H3. The summed E-state index contributed by atoms with van der Waals surface area (Å²) < 4.78 is 12.0. The van der Waals surface area contributed by atoms with Crippen LogP contribution in [0.15, 0.2) is 62.3 Å². The van der Waals surface area contributed by atoms with Gasteiger partial charge in [0.25, 0.3) is 5.89 Å². The molecule has 0 aliphatic heterocycles. The SMILES string of the molecule is Cc1cccc(-c2nc(Cn3c(=O)oc4ccccc43)no2)c1. The first-order valence-electron chi connectivity index (χ1n) is 7.19. The molecular weight excluding hydrogens is 294 g/mol. The van der Waals surface area contributed by atoms with Crippen LogP contribution in [0.5, 0.6) is 0 Å². The zero-order valence-electron chi connectivity index (χ0n) is 12.4. The number of hydrogen-bond acceptors (Lipinski definition) is 5. The lowest BCUT2D eigenvalue weighted by Gasteiger charge is -1.97. The van der Waals surface area contributed by atoms with Crippen LogP contribution in [0.4, 0.5) is 0 Å². The molecular formula is C17H13N3O3. The Morgan fingerprint density at radius 1 is 1.13 bits per heavy atom. The van der Waals surface area contributed by atoms with Crippen molar-refractivity contribution in [1.82, 2.24) is 14.7 Å². The van der Waals surface area contributed by atoms with E-state index in [0.29, 0.717) is 22.8 Å². The Hall–Kier alpha value is -3.15. The maximum Gasteiger partial charge on any atom is 0.420 e. The normalized spacial score (nSPS) is 11.2. The molecule has 0 unspecified atom stereocenters. The molecule has 0 N–H and O–H groups in total. The highest BCUT2D eigenvalue weighted by Crippen LogP contribution is 2.19. The molecule has 0 amide bonds. The fourth-order valence-corrected chi connectivity index (χ4v) is 2.52. The summed E-state index contributed by atoms with van der Waals surface area (Å²) in [6, 6.07) is 15.0. The van der Waals surface area contributed by atoms with Crippen molar-refractivity contribution in [2.45, 2.75) is 13.5 Å². The zero-order valence-corrected chi connectivity index (χ0v) is 12.4. The molecule has 0 saturated heterocycles. The lowest BCUT2D eigenvalue weighted by atomic mass is 10.1. The van der Waals surface area contributed by atoms with Crippen LogP contribution >= 0.6 is 0 Å². The zero-order chi connectivity index (χ0) is 15.8. The molecule has 0 aliphatic carbocycles. The van der Waals surface area contributed by atoms with Crippen LogP contribution in [-0.2, 0) is 6.54 Å². The molecule has 0 atom stereocenters. The van der Waals surface area contributed by atoms with Crippen molar-refractivity contribution in [1.29, 1.82) is 0 Å². The average Bonchev–Trinajstić information content (AvgIpc) is 3.13. The number of aromatic nitrogens is 3. The minimum atomic E-state index is -0.437. The highest BCUT2D eigenvalue weighted by molar-refractivity contribution is 5.72.